The van der Waals surface area contributed by atoms with Crippen LogP contribution in [0.5, 0.6) is 0 Å². The summed E-state index contributed by atoms with van der Waals surface area (Å²) in [7, 11) is 0. The third-order valence-electron chi connectivity index (χ3n) is 3.67. The molecule has 0 bridgehead atoms. The molecule has 2 rings (SSSR count). The first-order chi connectivity index (χ1) is 8.17. The molecule has 0 radical (unpaired) electrons. The minimum atomic E-state index is -0.580. The molecule has 0 aliphatic heterocycles. The number of alkyl halides is 1. The maximum absolute atomic E-state index is 11.9. The summed E-state index contributed by atoms with van der Waals surface area (Å²) in [6.45, 7) is 2.94. The summed E-state index contributed by atoms with van der Waals surface area (Å²) in [5.41, 5.74) is 1.22. The van der Waals surface area contributed by atoms with Gasteiger partial charge in [0.15, 0.2) is 0 Å². The number of benzene rings is 1. The van der Waals surface area contributed by atoms with Crippen LogP contribution >= 0.6 is 11.6 Å². The van der Waals surface area contributed by atoms with Crippen LogP contribution in [-0.2, 0) is 4.79 Å². The minimum Gasteiger partial charge on any atom is -0.354 e. The first-order valence-corrected chi connectivity index (χ1v) is 6.57. The zero-order valence-electron chi connectivity index (χ0n) is 10.1. The van der Waals surface area contributed by atoms with Crippen LogP contribution in [0.15, 0.2) is 30.3 Å². The van der Waals surface area contributed by atoms with Gasteiger partial charge in [0.05, 0.1) is 0 Å². The summed E-state index contributed by atoms with van der Waals surface area (Å²) in [6, 6.07) is 9.47. The molecule has 1 aromatic rings. The molecule has 1 aliphatic rings. The average molecular weight is 252 g/mol. The lowest BCUT2D eigenvalue weighted by molar-refractivity contribution is -0.121. The number of nitrogens with one attached hydrogen (secondary N) is 1. The van der Waals surface area contributed by atoms with Crippen LogP contribution in [0.25, 0.3) is 0 Å². The van der Waals surface area contributed by atoms with Gasteiger partial charge in [0.1, 0.15) is 5.38 Å². The Hall–Kier alpha value is -1.02. The van der Waals surface area contributed by atoms with Crippen molar-refractivity contribution in [1.29, 1.82) is 0 Å². The molecule has 0 heterocycles. The van der Waals surface area contributed by atoms with Gasteiger partial charge in [0.25, 0.3) is 0 Å². The fourth-order valence-corrected chi connectivity index (χ4v) is 2.19. The van der Waals surface area contributed by atoms with Gasteiger partial charge in [0.2, 0.25) is 5.91 Å². The molecule has 0 saturated heterocycles. The first-order valence-electron chi connectivity index (χ1n) is 6.14. The zero-order valence-corrected chi connectivity index (χ0v) is 10.8. The number of carbonyl (C=O) groups is 1. The molecule has 17 heavy (non-hydrogen) atoms. The van der Waals surface area contributed by atoms with Crippen LogP contribution in [-0.4, -0.2) is 12.5 Å². The van der Waals surface area contributed by atoms with Crippen LogP contribution < -0.4 is 5.32 Å². The van der Waals surface area contributed by atoms with Gasteiger partial charge in [-0.3, -0.25) is 4.79 Å². The van der Waals surface area contributed by atoms with Crippen LogP contribution in [0.2, 0.25) is 0 Å². The van der Waals surface area contributed by atoms with Crippen LogP contribution in [0.1, 0.15) is 37.1 Å². The Labute approximate surface area is 107 Å². The predicted octanol–water partition coefficient (Wildman–Crippen LogP) is 3.27. The van der Waals surface area contributed by atoms with E-state index in [1.807, 2.05) is 30.3 Å². The highest BCUT2D eigenvalue weighted by molar-refractivity contribution is 6.30. The Balaban J connectivity index is 1.88. The van der Waals surface area contributed by atoms with Crippen LogP contribution in [0, 0.1) is 5.41 Å². The van der Waals surface area contributed by atoms with E-state index in [4.69, 9.17) is 11.6 Å². The molecule has 0 aromatic heterocycles. The smallest absolute Gasteiger partial charge is 0.242 e. The maximum Gasteiger partial charge on any atom is 0.242 e. The van der Waals surface area contributed by atoms with E-state index in [2.05, 4.69) is 12.2 Å². The van der Waals surface area contributed by atoms with Gasteiger partial charge < -0.3 is 5.32 Å². The molecule has 1 aromatic carbocycles. The zero-order chi connectivity index (χ0) is 12.3. The highest BCUT2D eigenvalue weighted by Crippen LogP contribution is 2.47. The number of carbonyl (C=O) groups excluding carboxylic acids is 1. The highest BCUT2D eigenvalue weighted by atomic mass is 35.5. The van der Waals surface area contributed by atoms with E-state index in [0.29, 0.717) is 5.41 Å². The van der Waals surface area contributed by atoms with E-state index in [-0.39, 0.29) is 5.91 Å². The Bertz CT molecular complexity index is 386. The molecule has 0 spiro atoms. The fourth-order valence-electron chi connectivity index (χ4n) is 1.97. The van der Waals surface area contributed by atoms with Gasteiger partial charge in [-0.05, 0) is 30.2 Å². The molecule has 3 heteroatoms. The van der Waals surface area contributed by atoms with E-state index in [1.54, 1.807) is 0 Å². The summed E-state index contributed by atoms with van der Waals surface area (Å²) in [5, 5.41) is 2.38. The summed E-state index contributed by atoms with van der Waals surface area (Å²) >= 11 is 6.14. The molecule has 92 valence electrons. The molecule has 1 atom stereocenters. The van der Waals surface area contributed by atoms with E-state index in [1.165, 1.54) is 12.8 Å². The van der Waals surface area contributed by atoms with Crippen molar-refractivity contribution in [3.63, 3.8) is 0 Å². The Morgan fingerprint density at radius 3 is 2.59 bits per heavy atom. The second-order valence-electron chi connectivity index (χ2n) is 4.84. The predicted molar refractivity (Wildman–Crippen MR) is 70.0 cm³/mol. The lowest BCUT2D eigenvalue weighted by Gasteiger charge is -2.15. The van der Waals surface area contributed by atoms with Gasteiger partial charge in [-0.15, -0.1) is 11.6 Å². The first kappa shape index (κ1) is 12.4. The van der Waals surface area contributed by atoms with Gasteiger partial charge in [-0.1, -0.05) is 37.3 Å². The molecular formula is C14H18ClNO. The highest BCUT2D eigenvalue weighted by Gasteiger charge is 2.40. The van der Waals surface area contributed by atoms with E-state index < -0.39 is 5.38 Å². The molecule has 1 unspecified atom stereocenters. The lowest BCUT2D eigenvalue weighted by atomic mass is 10.0. The van der Waals surface area contributed by atoms with Crippen molar-refractivity contribution in [2.75, 3.05) is 6.54 Å². The summed E-state index contributed by atoms with van der Waals surface area (Å²) < 4.78 is 0. The third-order valence-corrected chi connectivity index (χ3v) is 4.12. The van der Waals surface area contributed by atoms with E-state index >= 15 is 0 Å². The van der Waals surface area contributed by atoms with Crippen LogP contribution in [0.3, 0.4) is 0 Å². The van der Waals surface area contributed by atoms with Crippen molar-refractivity contribution in [3.05, 3.63) is 35.9 Å². The number of hydrogen-bond acceptors (Lipinski definition) is 1. The van der Waals surface area contributed by atoms with Crippen molar-refractivity contribution in [2.45, 2.75) is 31.6 Å². The number of hydrogen-bond donors (Lipinski definition) is 1. The third kappa shape index (κ3) is 3.01. The number of rotatable bonds is 5. The fraction of sp³-hybridized carbons (Fsp3) is 0.500. The topological polar surface area (TPSA) is 29.1 Å². The standard InChI is InChI=1S/C14H18ClNO/c1-2-14(8-9-14)10-16-13(17)12(15)11-6-4-3-5-7-11/h3-7,12H,2,8-10H2,1H3,(H,16,17). The molecule has 1 fully saturated rings. The Morgan fingerprint density at radius 2 is 2.06 bits per heavy atom. The van der Waals surface area contributed by atoms with Crippen molar-refractivity contribution < 1.29 is 4.79 Å². The summed E-state index contributed by atoms with van der Waals surface area (Å²) in [4.78, 5) is 11.9. The monoisotopic (exact) mass is 251 g/mol. The van der Waals surface area contributed by atoms with Gasteiger partial charge in [0, 0.05) is 6.54 Å². The van der Waals surface area contributed by atoms with E-state index in [9.17, 15) is 4.79 Å². The summed E-state index contributed by atoms with van der Waals surface area (Å²) in [5.74, 6) is -0.0856. The molecule has 1 amide bonds. The van der Waals surface area contributed by atoms with Gasteiger partial charge >= 0.3 is 0 Å². The summed E-state index contributed by atoms with van der Waals surface area (Å²) in [6.07, 6.45) is 3.58. The number of halogens is 1. The van der Waals surface area contributed by atoms with Crippen molar-refractivity contribution in [2.24, 2.45) is 5.41 Å². The minimum absolute atomic E-state index is 0.0856. The van der Waals surface area contributed by atoms with E-state index in [0.717, 1.165) is 18.5 Å². The van der Waals surface area contributed by atoms with Crippen molar-refractivity contribution in [3.8, 4) is 0 Å². The molecule has 1 saturated carbocycles. The number of amides is 1. The van der Waals surface area contributed by atoms with Crippen molar-refractivity contribution in [1.82, 2.24) is 5.32 Å². The van der Waals surface area contributed by atoms with Crippen molar-refractivity contribution >= 4 is 17.5 Å². The normalized spacial score (nSPS) is 18.5. The average Bonchev–Trinajstić information content (AvgIpc) is 3.17. The second-order valence-corrected chi connectivity index (χ2v) is 5.28. The molecular weight excluding hydrogens is 234 g/mol. The Kier molecular flexibility index (Phi) is 3.72. The SMILES string of the molecule is CCC1(CNC(=O)C(Cl)c2ccccc2)CC1. The van der Waals surface area contributed by atoms with Gasteiger partial charge in [-0.2, -0.15) is 0 Å². The molecule has 2 nitrogen and oxygen atoms in total. The van der Waals surface area contributed by atoms with Gasteiger partial charge in [-0.25, -0.2) is 0 Å². The molecule has 1 aliphatic carbocycles. The largest absolute Gasteiger partial charge is 0.354 e. The molecule has 1 N–H and O–H groups in total. The lowest BCUT2D eigenvalue weighted by Crippen LogP contribution is -2.32. The second kappa shape index (κ2) is 5.09. The Morgan fingerprint density at radius 1 is 1.41 bits per heavy atom. The van der Waals surface area contributed by atoms with Crippen LogP contribution in [0.4, 0.5) is 0 Å². The quantitative estimate of drug-likeness (QED) is 0.800. The maximum atomic E-state index is 11.9.